The van der Waals surface area contributed by atoms with E-state index in [1.165, 1.54) is 0 Å². The lowest BCUT2D eigenvalue weighted by molar-refractivity contribution is 0.0587. The molecule has 0 aromatic heterocycles. The number of hydrogen-bond acceptors (Lipinski definition) is 3. The molecule has 0 saturated heterocycles. The number of benzene rings is 1. The summed E-state index contributed by atoms with van der Waals surface area (Å²) in [7, 11) is 0. The molecule has 0 aliphatic heterocycles. The second-order valence-electron chi connectivity index (χ2n) is 5.80. The van der Waals surface area contributed by atoms with Gasteiger partial charge in [-0.1, -0.05) is 6.92 Å². The molecule has 1 atom stereocenters. The highest BCUT2D eigenvalue weighted by Gasteiger charge is 2.18. The number of rotatable bonds is 6. The van der Waals surface area contributed by atoms with Crippen LogP contribution in [-0.4, -0.2) is 29.4 Å². The zero-order valence-electron chi connectivity index (χ0n) is 13.5. The third-order valence-corrected chi connectivity index (χ3v) is 3.21. The Kier molecular flexibility index (Phi) is 6.03. The Morgan fingerprint density at radius 1 is 1.43 bits per heavy atom. The number of aryl methyl sites for hydroxylation is 1. The van der Waals surface area contributed by atoms with Gasteiger partial charge in [0, 0.05) is 12.2 Å². The number of anilines is 1. The van der Waals surface area contributed by atoms with Crippen LogP contribution in [0.4, 0.5) is 10.5 Å². The van der Waals surface area contributed by atoms with Gasteiger partial charge in [0.2, 0.25) is 0 Å². The number of hydrogen-bond donors (Lipinski definition) is 3. The summed E-state index contributed by atoms with van der Waals surface area (Å²) in [5.41, 5.74) is 0.756. The van der Waals surface area contributed by atoms with Gasteiger partial charge < -0.3 is 20.5 Å². The lowest BCUT2D eigenvalue weighted by atomic mass is 10.0. The van der Waals surface area contributed by atoms with Crippen molar-refractivity contribution in [3.63, 3.8) is 0 Å². The van der Waals surface area contributed by atoms with E-state index in [1.54, 1.807) is 6.92 Å². The van der Waals surface area contributed by atoms with Crippen LogP contribution in [-0.2, 0) is 0 Å². The van der Waals surface area contributed by atoms with E-state index >= 15 is 0 Å². The Balaban J connectivity index is 2.60. The largest absolute Gasteiger partial charge is 0.491 e. The number of ether oxygens (including phenoxy) is 1. The smallest absolute Gasteiger partial charge is 0.319 e. The van der Waals surface area contributed by atoms with Crippen molar-refractivity contribution in [3.05, 3.63) is 23.8 Å². The first-order chi connectivity index (χ1) is 9.73. The van der Waals surface area contributed by atoms with Gasteiger partial charge in [0.1, 0.15) is 5.75 Å². The summed E-state index contributed by atoms with van der Waals surface area (Å²) < 4.78 is 5.60. The fraction of sp³-hybridized carbons (Fsp3) is 0.562. The van der Waals surface area contributed by atoms with E-state index in [1.807, 2.05) is 45.9 Å². The Labute approximate surface area is 126 Å². The molecule has 0 bridgehead atoms. The van der Waals surface area contributed by atoms with E-state index in [0.717, 1.165) is 17.0 Å². The number of aliphatic hydroxyl groups is 1. The molecule has 3 N–H and O–H groups in total. The maximum absolute atomic E-state index is 11.8. The van der Waals surface area contributed by atoms with Crippen LogP contribution < -0.4 is 15.4 Å². The van der Waals surface area contributed by atoms with Crippen LogP contribution in [0, 0.1) is 6.92 Å². The van der Waals surface area contributed by atoms with Crippen LogP contribution in [0.5, 0.6) is 5.75 Å². The molecule has 0 fully saturated rings. The molecular formula is C16H26N2O3. The first-order valence-electron chi connectivity index (χ1n) is 7.28. The minimum Gasteiger partial charge on any atom is -0.491 e. The highest BCUT2D eigenvalue weighted by Crippen LogP contribution is 2.22. The second kappa shape index (κ2) is 7.31. The third-order valence-electron chi connectivity index (χ3n) is 3.21. The van der Waals surface area contributed by atoms with Gasteiger partial charge in [-0.3, -0.25) is 0 Å². The van der Waals surface area contributed by atoms with Crippen molar-refractivity contribution in [2.24, 2.45) is 0 Å². The summed E-state index contributed by atoms with van der Waals surface area (Å²) in [5, 5.41) is 15.3. The van der Waals surface area contributed by atoms with Gasteiger partial charge >= 0.3 is 6.03 Å². The number of carbonyl (C=O) groups excluding carboxylic acids is 1. The van der Waals surface area contributed by atoms with Gasteiger partial charge in [-0.15, -0.1) is 0 Å². The van der Waals surface area contributed by atoms with Gasteiger partial charge in [0.15, 0.2) is 0 Å². The zero-order chi connectivity index (χ0) is 16.0. The van der Waals surface area contributed by atoms with Gasteiger partial charge in [-0.05, 0) is 57.9 Å². The van der Waals surface area contributed by atoms with Crippen molar-refractivity contribution in [3.8, 4) is 5.75 Å². The van der Waals surface area contributed by atoms with Crippen molar-refractivity contribution in [2.75, 3.05) is 11.9 Å². The molecule has 2 amide bonds. The molecule has 1 aromatic rings. The molecule has 0 heterocycles. The Bertz CT molecular complexity index is 484. The highest BCUT2D eigenvalue weighted by atomic mass is 16.5. The molecule has 0 aliphatic carbocycles. The van der Waals surface area contributed by atoms with E-state index in [0.29, 0.717) is 6.42 Å². The Morgan fingerprint density at radius 3 is 2.62 bits per heavy atom. The summed E-state index contributed by atoms with van der Waals surface area (Å²) in [6, 6.07) is 5.19. The van der Waals surface area contributed by atoms with Crippen molar-refractivity contribution in [2.45, 2.75) is 52.7 Å². The number of amides is 2. The Hall–Kier alpha value is -1.75. The van der Waals surface area contributed by atoms with Crippen molar-refractivity contribution < 1.29 is 14.6 Å². The molecule has 118 valence electrons. The Morgan fingerprint density at radius 2 is 2.10 bits per heavy atom. The summed E-state index contributed by atoms with van der Waals surface area (Å²) in [4.78, 5) is 11.8. The van der Waals surface area contributed by atoms with Gasteiger partial charge in [-0.2, -0.15) is 0 Å². The second-order valence-corrected chi connectivity index (χ2v) is 5.80. The monoisotopic (exact) mass is 294 g/mol. The summed E-state index contributed by atoms with van der Waals surface area (Å²) in [6.45, 7) is 9.62. The van der Waals surface area contributed by atoms with Crippen molar-refractivity contribution in [1.82, 2.24) is 5.32 Å². The van der Waals surface area contributed by atoms with E-state index < -0.39 is 5.60 Å². The highest BCUT2D eigenvalue weighted by molar-refractivity contribution is 5.90. The summed E-state index contributed by atoms with van der Waals surface area (Å²) >= 11 is 0. The lowest BCUT2D eigenvalue weighted by Gasteiger charge is -2.21. The van der Waals surface area contributed by atoms with Crippen molar-refractivity contribution >= 4 is 11.7 Å². The summed E-state index contributed by atoms with van der Waals surface area (Å²) in [6.07, 6.45) is 0.691. The summed E-state index contributed by atoms with van der Waals surface area (Å²) in [5.74, 6) is 0.780. The minimum absolute atomic E-state index is 0.114. The lowest BCUT2D eigenvalue weighted by Crippen LogP contribution is -2.41. The van der Waals surface area contributed by atoms with E-state index in [-0.39, 0.29) is 18.7 Å². The van der Waals surface area contributed by atoms with Gasteiger partial charge in [0.05, 0.1) is 11.7 Å². The molecule has 5 nitrogen and oxygen atoms in total. The first-order valence-corrected chi connectivity index (χ1v) is 7.28. The molecule has 0 saturated carbocycles. The maximum atomic E-state index is 11.8. The molecular weight excluding hydrogens is 268 g/mol. The average Bonchev–Trinajstić information content (AvgIpc) is 2.39. The third kappa shape index (κ3) is 6.04. The number of nitrogens with one attached hydrogen (secondary N) is 2. The topological polar surface area (TPSA) is 70.6 Å². The van der Waals surface area contributed by atoms with Gasteiger partial charge in [0.25, 0.3) is 0 Å². The van der Waals surface area contributed by atoms with E-state index in [9.17, 15) is 9.90 Å². The predicted octanol–water partition coefficient (Wildman–Crippen LogP) is 3.06. The zero-order valence-corrected chi connectivity index (χ0v) is 13.5. The number of carbonyl (C=O) groups is 1. The van der Waals surface area contributed by atoms with Crippen LogP contribution in [0.15, 0.2) is 18.2 Å². The molecule has 0 aliphatic rings. The fourth-order valence-corrected chi connectivity index (χ4v) is 1.68. The van der Waals surface area contributed by atoms with E-state index in [4.69, 9.17) is 4.74 Å². The van der Waals surface area contributed by atoms with Gasteiger partial charge in [-0.25, -0.2) is 4.79 Å². The van der Waals surface area contributed by atoms with Crippen LogP contribution >= 0.6 is 0 Å². The quantitative estimate of drug-likeness (QED) is 0.755. The maximum Gasteiger partial charge on any atom is 0.319 e. The normalized spacial score (nSPS) is 13.7. The van der Waals surface area contributed by atoms with Crippen LogP contribution in [0.1, 0.15) is 39.7 Å². The average molecular weight is 294 g/mol. The first kappa shape index (κ1) is 17.3. The van der Waals surface area contributed by atoms with Crippen LogP contribution in [0.3, 0.4) is 0 Å². The van der Waals surface area contributed by atoms with Crippen LogP contribution in [0.2, 0.25) is 0 Å². The molecule has 1 aromatic carbocycles. The van der Waals surface area contributed by atoms with Crippen LogP contribution in [0.25, 0.3) is 0 Å². The standard InChI is InChI=1S/C16H26N2O3/c1-6-16(5,20)10-17-15(19)18-14-8-7-13(9-12(14)4)21-11(2)3/h7-9,11,20H,6,10H2,1-5H3,(H2,17,18,19)/t16-/m0/s1. The van der Waals surface area contributed by atoms with E-state index in [2.05, 4.69) is 10.6 Å². The molecule has 0 radical (unpaired) electrons. The molecule has 0 spiro atoms. The molecule has 1 rings (SSSR count). The SMILES string of the molecule is CC[C@](C)(O)CNC(=O)Nc1ccc(OC(C)C)cc1C. The molecule has 21 heavy (non-hydrogen) atoms. The molecule has 0 unspecified atom stereocenters. The molecule has 5 heteroatoms. The fourth-order valence-electron chi connectivity index (χ4n) is 1.68. The van der Waals surface area contributed by atoms with Crippen molar-refractivity contribution in [1.29, 1.82) is 0 Å². The minimum atomic E-state index is -0.888. The predicted molar refractivity (Wildman–Crippen MR) is 84.9 cm³/mol. The number of urea groups is 1.